The third-order valence-corrected chi connectivity index (χ3v) is 3.76. The zero-order valence-corrected chi connectivity index (χ0v) is 12.9. The number of carbonyl (C=O) groups excluding carboxylic acids is 1. The fraction of sp³-hybridized carbons (Fsp3) is 0.867. The van der Waals surface area contributed by atoms with Crippen molar-refractivity contribution in [3.05, 3.63) is 0 Å². The molecule has 20 heavy (non-hydrogen) atoms. The molecule has 0 unspecified atom stereocenters. The maximum absolute atomic E-state index is 12.0. The van der Waals surface area contributed by atoms with Crippen LogP contribution in [-0.4, -0.2) is 47.6 Å². The number of piperidine rings is 1. The number of nitrogens with one attached hydrogen (secondary N) is 1. The maximum Gasteiger partial charge on any atom is 0.303 e. The molecule has 1 aliphatic heterocycles. The van der Waals surface area contributed by atoms with E-state index in [4.69, 9.17) is 5.11 Å². The number of aliphatic carboxylic acids is 1. The molecule has 1 aliphatic rings. The lowest BCUT2D eigenvalue weighted by molar-refractivity contribution is -0.139. The van der Waals surface area contributed by atoms with Gasteiger partial charge in [0.15, 0.2) is 0 Å². The molecular weight excluding hydrogens is 256 g/mol. The Balaban J connectivity index is 2.31. The third-order valence-electron chi connectivity index (χ3n) is 3.76. The normalized spacial score (nSPS) is 17.9. The highest BCUT2D eigenvalue weighted by molar-refractivity contribution is 5.78. The molecule has 0 bridgehead atoms. The van der Waals surface area contributed by atoms with Crippen molar-refractivity contribution < 1.29 is 14.7 Å². The van der Waals surface area contributed by atoms with Crippen LogP contribution in [0.1, 0.15) is 52.9 Å². The Labute approximate surface area is 121 Å². The zero-order valence-electron chi connectivity index (χ0n) is 12.9. The fourth-order valence-electron chi connectivity index (χ4n) is 2.80. The molecule has 5 nitrogen and oxygen atoms in total. The number of hydrogen-bond donors (Lipinski definition) is 2. The van der Waals surface area contributed by atoms with E-state index in [1.807, 2.05) is 13.8 Å². The number of carbonyl (C=O) groups is 2. The van der Waals surface area contributed by atoms with Gasteiger partial charge >= 0.3 is 5.97 Å². The Morgan fingerprint density at radius 2 is 1.85 bits per heavy atom. The summed E-state index contributed by atoms with van der Waals surface area (Å²) in [5.74, 6) is -0.874. The topological polar surface area (TPSA) is 69.6 Å². The number of likely N-dealkylation sites (tertiary alicyclic amines) is 1. The minimum Gasteiger partial charge on any atom is -0.481 e. The summed E-state index contributed by atoms with van der Waals surface area (Å²) in [5.41, 5.74) is -0.487. The van der Waals surface area contributed by atoms with Crippen molar-refractivity contribution in [2.45, 2.75) is 58.9 Å². The minimum atomic E-state index is -0.851. The molecule has 1 amide bonds. The molecular formula is C15H28N2O3. The molecule has 2 N–H and O–H groups in total. The van der Waals surface area contributed by atoms with Crippen LogP contribution in [0.25, 0.3) is 0 Å². The maximum atomic E-state index is 12.0. The third kappa shape index (κ3) is 6.37. The van der Waals surface area contributed by atoms with E-state index >= 15 is 0 Å². The van der Waals surface area contributed by atoms with Crippen molar-refractivity contribution in [3.63, 3.8) is 0 Å². The van der Waals surface area contributed by atoms with Crippen molar-refractivity contribution in [3.8, 4) is 0 Å². The molecule has 0 atom stereocenters. The van der Waals surface area contributed by atoms with Crippen molar-refractivity contribution in [1.29, 1.82) is 0 Å². The van der Waals surface area contributed by atoms with E-state index in [1.54, 1.807) is 0 Å². The van der Waals surface area contributed by atoms with Gasteiger partial charge in [-0.05, 0) is 31.2 Å². The lowest BCUT2D eigenvalue weighted by Gasteiger charge is -2.32. The molecule has 5 heteroatoms. The Bertz CT molecular complexity index is 334. The van der Waals surface area contributed by atoms with E-state index in [0.717, 1.165) is 32.5 Å². The molecule has 1 heterocycles. The Morgan fingerprint density at radius 1 is 1.25 bits per heavy atom. The molecule has 0 saturated carbocycles. The summed E-state index contributed by atoms with van der Waals surface area (Å²) in [6.07, 6.45) is 3.44. The van der Waals surface area contributed by atoms with Crippen LogP contribution >= 0.6 is 0 Å². The predicted molar refractivity (Wildman–Crippen MR) is 78.5 cm³/mol. The van der Waals surface area contributed by atoms with E-state index in [0.29, 0.717) is 0 Å². The van der Waals surface area contributed by atoms with Gasteiger partial charge in [0.1, 0.15) is 0 Å². The first-order chi connectivity index (χ1) is 9.32. The highest BCUT2D eigenvalue weighted by Gasteiger charge is 2.27. The smallest absolute Gasteiger partial charge is 0.303 e. The van der Waals surface area contributed by atoms with Crippen LogP contribution in [0.3, 0.4) is 0 Å². The molecule has 116 valence electrons. The average Bonchev–Trinajstić information content (AvgIpc) is 2.29. The highest BCUT2D eigenvalue weighted by Crippen LogP contribution is 2.25. The second-order valence-electron chi connectivity index (χ2n) is 6.59. The van der Waals surface area contributed by atoms with Crippen LogP contribution in [0.5, 0.6) is 0 Å². The minimum absolute atomic E-state index is 0.0230. The van der Waals surface area contributed by atoms with Gasteiger partial charge in [-0.25, -0.2) is 0 Å². The van der Waals surface area contributed by atoms with E-state index in [2.05, 4.69) is 17.1 Å². The van der Waals surface area contributed by atoms with Crippen LogP contribution < -0.4 is 5.32 Å². The zero-order chi connectivity index (χ0) is 15.2. The van der Waals surface area contributed by atoms with Gasteiger partial charge in [0, 0.05) is 25.6 Å². The first kappa shape index (κ1) is 17.0. The van der Waals surface area contributed by atoms with Crippen molar-refractivity contribution in [1.82, 2.24) is 10.2 Å². The van der Waals surface area contributed by atoms with E-state index < -0.39 is 11.4 Å². The number of hydrogen-bond acceptors (Lipinski definition) is 3. The highest BCUT2D eigenvalue weighted by atomic mass is 16.4. The summed E-state index contributed by atoms with van der Waals surface area (Å²) in [7, 11) is 0. The Morgan fingerprint density at radius 3 is 2.35 bits per heavy atom. The molecule has 0 aromatic carbocycles. The number of nitrogens with zero attached hydrogens (tertiary/aromatic N) is 1. The Kier molecular flexibility index (Phi) is 6.46. The summed E-state index contributed by atoms with van der Waals surface area (Å²) in [5, 5.41) is 11.9. The SMILES string of the molecule is CCCN1CCC(NC(=O)CC(C)(C)CC(=O)O)CC1. The van der Waals surface area contributed by atoms with Gasteiger partial charge in [-0.1, -0.05) is 20.8 Å². The standard InChI is InChI=1S/C15H28N2O3/c1-4-7-17-8-5-12(6-9-17)16-13(18)10-15(2,3)11-14(19)20/h12H,4-11H2,1-3H3,(H,16,18)(H,19,20). The molecule has 1 rings (SSSR count). The van der Waals surface area contributed by atoms with Crippen molar-refractivity contribution in [2.24, 2.45) is 5.41 Å². The van der Waals surface area contributed by atoms with Gasteiger partial charge < -0.3 is 15.3 Å². The molecule has 0 radical (unpaired) electrons. The monoisotopic (exact) mass is 284 g/mol. The number of carboxylic acids is 1. The van der Waals surface area contributed by atoms with Crippen LogP contribution in [-0.2, 0) is 9.59 Å². The van der Waals surface area contributed by atoms with E-state index in [-0.39, 0.29) is 24.8 Å². The van der Waals surface area contributed by atoms with Crippen LogP contribution in [0, 0.1) is 5.41 Å². The lowest BCUT2D eigenvalue weighted by Crippen LogP contribution is -2.45. The van der Waals surface area contributed by atoms with Gasteiger partial charge in [0.2, 0.25) is 5.91 Å². The van der Waals surface area contributed by atoms with Crippen LogP contribution in [0.4, 0.5) is 0 Å². The van der Waals surface area contributed by atoms with Gasteiger partial charge in [0.25, 0.3) is 0 Å². The molecule has 1 saturated heterocycles. The molecule has 1 fully saturated rings. The van der Waals surface area contributed by atoms with Gasteiger partial charge in [-0.15, -0.1) is 0 Å². The van der Waals surface area contributed by atoms with E-state index in [9.17, 15) is 9.59 Å². The number of carboxylic acid groups (broad SMARTS) is 1. The van der Waals surface area contributed by atoms with Gasteiger partial charge in [-0.3, -0.25) is 9.59 Å². The second kappa shape index (κ2) is 7.62. The first-order valence-corrected chi connectivity index (χ1v) is 7.56. The average molecular weight is 284 g/mol. The number of amides is 1. The molecule has 0 aliphatic carbocycles. The van der Waals surface area contributed by atoms with E-state index in [1.165, 1.54) is 6.42 Å². The van der Waals surface area contributed by atoms with Crippen molar-refractivity contribution in [2.75, 3.05) is 19.6 Å². The summed E-state index contributed by atoms with van der Waals surface area (Å²) in [6, 6.07) is 0.247. The van der Waals surface area contributed by atoms with Crippen LogP contribution in [0.15, 0.2) is 0 Å². The number of rotatable bonds is 7. The van der Waals surface area contributed by atoms with Gasteiger partial charge in [0.05, 0.1) is 6.42 Å². The Hall–Kier alpha value is -1.10. The largest absolute Gasteiger partial charge is 0.481 e. The summed E-state index contributed by atoms with van der Waals surface area (Å²) < 4.78 is 0. The molecule has 0 spiro atoms. The van der Waals surface area contributed by atoms with Crippen LogP contribution in [0.2, 0.25) is 0 Å². The van der Waals surface area contributed by atoms with Crippen molar-refractivity contribution >= 4 is 11.9 Å². The fourth-order valence-corrected chi connectivity index (χ4v) is 2.80. The lowest BCUT2D eigenvalue weighted by atomic mass is 9.85. The first-order valence-electron chi connectivity index (χ1n) is 7.56. The predicted octanol–water partition coefficient (Wildman–Crippen LogP) is 1.87. The summed E-state index contributed by atoms with van der Waals surface area (Å²) >= 11 is 0. The summed E-state index contributed by atoms with van der Waals surface area (Å²) in [4.78, 5) is 25.2. The molecule has 0 aromatic rings. The molecule has 0 aromatic heterocycles. The quantitative estimate of drug-likeness (QED) is 0.749. The summed E-state index contributed by atoms with van der Waals surface area (Å²) in [6.45, 7) is 9.04. The second-order valence-corrected chi connectivity index (χ2v) is 6.59. The van der Waals surface area contributed by atoms with Gasteiger partial charge in [-0.2, -0.15) is 0 Å².